The van der Waals surface area contributed by atoms with Gasteiger partial charge >= 0.3 is 0 Å². The van der Waals surface area contributed by atoms with Crippen molar-refractivity contribution in [1.82, 2.24) is 10.2 Å². The molecule has 0 bridgehead atoms. The van der Waals surface area contributed by atoms with Crippen LogP contribution in [0.25, 0.3) is 0 Å². The van der Waals surface area contributed by atoms with E-state index in [1.165, 1.54) is 11.8 Å². The van der Waals surface area contributed by atoms with Crippen molar-refractivity contribution in [3.8, 4) is 0 Å². The van der Waals surface area contributed by atoms with Crippen LogP contribution in [0.3, 0.4) is 0 Å². The highest BCUT2D eigenvalue weighted by atomic mass is 16.2. The SMILES string of the molecule is CC(=O)N(C)C(C(=O)NC(C)C(C)C)C(C)C. The van der Waals surface area contributed by atoms with Crippen LogP contribution in [0.4, 0.5) is 0 Å². The first-order valence-electron chi connectivity index (χ1n) is 6.22. The lowest BCUT2D eigenvalue weighted by Gasteiger charge is -2.31. The van der Waals surface area contributed by atoms with E-state index in [1.54, 1.807) is 7.05 Å². The number of carbonyl (C=O) groups excluding carboxylic acids is 2. The third-order valence-corrected chi connectivity index (χ3v) is 3.18. The highest BCUT2D eigenvalue weighted by Crippen LogP contribution is 2.11. The average Bonchev–Trinajstić information content (AvgIpc) is 2.16. The third kappa shape index (κ3) is 4.75. The third-order valence-electron chi connectivity index (χ3n) is 3.18. The van der Waals surface area contributed by atoms with Gasteiger partial charge < -0.3 is 10.2 Å². The van der Waals surface area contributed by atoms with E-state index in [1.807, 2.05) is 20.8 Å². The Morgan fingerprint density at radius 1 is 1.00 bits per heavy atom. The molecule has 2 unspecified atom stereocenters. The number of hydrogen-bond donors (Lipinski definition) is 1. The van der Waals surface area contributed by atoms with Gasteiger partial charge in [-0.15, -0.1) is 0 Å². The van der Waals surface area contributed by atoms with Gasteiger partial charge in [-0.25, -0.2) is 0 Å². The summed E-state index contributed by atoms with van der Waals surface area (Å²) < 4.78 is 0. The normalized spacial score (nSPS) is 14.6. The zero-order valence-electron chi connectivity index (χ0n) is 12.1. The van der Waals surface area contributed by atoms with Gasteiger partial charge in [-0.1, -0.05) is 27.7 Å². The van der Waals surface area contributed by atoms with Crippen molar-refractivity contribution in [2.75, 3.05) is 7.05 Å². The predicted molar refractivity (Wildman–Crippen MR) is 69.5 cm³/mol. The molecule has 0 aromatic rings. The molecule has 17 heavy (non-hydrogen) atoms. The fourth-order valence-corrected chi connectivity index (χ4v) is 1.60. The summed E-state index contributed by atoms with van der Waals surface area (Å²) in [5.41, 5.74) is 0. The molecule has 0 radical (unpaired) electrons. The molecule has 0 saturated heterocycles. The molecule has 0 heterocycles. The molecule has 2 atom stereocenters. The van der Waals surface area contributed by atoms with E-state index in [0.29, 0.717) is 5.92 Å². The zero-order chi connectivity index (χ0) is 13.7. The second kappa shape index (κ2) is 6.62. The maximum atomic E-state index is 12.1. The zero-order valence-corrected chi connectivity index (χ0v) is 12.1. The molecule has 4 heteroatoms. The highest BCUT2D eigenvalue weighted by Gasteiger charge is 2.29. The van der Waals surface area contributed by atoms with Gasteiger partial charge in [0, 0.05) is 20.0 Å². The molecule has 0 spiro atoms. The smallest absolute Gasteiger partial charge is 0.243 e. The van der Waals surface area contributed by atoms with Gasteiger partial charge in [0.05, 0.1) is 0 Å². The molecule has 0 rings (SSSR count). The topological polar surface area (TPSA) is 49.4 Å². The predicted octanol–water partition coefficient (Wildman–Crippen LogP) is 1.65. The van der Waals surface area contributed by atoms with Crippen LogP contribution in [0, 0.1) is 11.8 Å². The van der Waals surface area contributed by atoms with Crippen LogP contribution in [0.5, 0.6) is 0 Å². The Morgan fingerprint density at radius 3 is 1.76 bits per heavy atom. The summed E-state index contributed by atoms with van der Waals surface area (Å²) in [4.78, 5) is 25.0. The first kappa shape index (κ1) is 15.9. The number of carbonyl (C=O) groups is 2. The van der Waals surface area contributed by atoms with Crippen LogP contribution in [-0.4, -0.2) is 35.8 Å². The highest BCUT2D eigenvalue weighted by molar-refractivity contribution is 5.87. The van der Waals surface area contributed by atoms with Crippen molar-refractivity contribution in [2.45, 2.75) is 53.6 Å². The second-order valence-electron chi connectivity index (χ2n) is 5.36. The maximum absolute atomic E-state index is 12.1. The lowest BCUT2D eigenvalue weighted by molar-refractivity contribution is -0.139. The summed E-state index contributed by atoms with van der Waals surface area (Å²) in [7, 11) is 1.67. The van der Waals surface area contributed by atoms with E-state index in [0.717, 1.165) is 0 Å². The lowest BCUT2D eigenvalue weighted by atomic mass is 10.00. The summed E-state index contributed by atoms with van der Waals surface area (Å²) in [5, 5.41) is 2.96. The minimum Gasteiger partial charge on any atom is -0.352 e. The van der Waals surface area contributed by atoms with Gasteiger partial charge in [-0.2, -0.15) is 0 Å². The number of amides is 2. The van der Waals surface area contributed by atoms with Gasteiger partial charge in [0.1, 0.15) is 6.04 Å². The number of likely N-dealkylation sites (N-methyl/N-ethyl adjacent to an activating group) is 1. The first-order chi connectivity index (χ1) is 7.68. The monoisotopic (exact) mass is 242 g/mol. The largest absolute Gasteiger partial charge is 0.352 e. The number of nitrogens with zero attached hydrogens (tertiary/aromatic N) is 1. The van der Waals surface area contributed by atoms with Crippen LogP contribution in [-0.2, 0) is 9.59 Å². The van der Waals surface area contributed by atoms with Gasteiger partial charge in [0.2, 0.25) is 11.8 Å². The minimum atomic E-state index is -0.395. The van der Waals surface area contributed by atoms with Crippen LogP contribution < -0.4 is 5.32 Å². The molecular formula is C13H26N2O2. The van der Waals surface area contributed by atoms with Crippen LogP contribution in [0.15, 0.2) is 0 Å². The van der Waals surface area contributed by atoms with Crippen molar-refractivity contribution >= 4 is 11.8 Å². The fourth-order valence-electron chi connectivity index (χ4n) is 1.60. The summed E-state index contributed by atoms with van der Waals surface area (Å²) in [6, 6.07) is -0.280. The average molecular weight is 242 g/mol. The van der Waals surface area contributed by atoms with Crippen molar-refractivity contribution < 1.29 is 9.59 Å². The molecule has 0 aliphatic heterocycles. The molecule has 0 aliphatic rings. The van der Waals surface area contributed by atoms with Crippen molar-refractivity contribution in [2.24, 2.45) is 11.8 Å². The Labute approximate surface area is 105 Å². The maximum Gasteiger partial charge on any atom is 0.243 e. The molecule has 1 N–H and O–H groups in total. The number of nitrogens with one attached hydrogen (secondary N) is 1. The van der Waals surface area contributed by atoms with E-state index in [4.69, 9.17) is 0 Å². The lowest BCUT2D eigenvalue weighted by Crippen LogP contribution is -2.52. The van der Waals surface area contributed by atoms with Crippen molar-refractivity contribution in [1.29, 1.82) is 0 Å². The van der Waals surface area contributed by atoms with E-state index in [9.17, 15) is 9.59 Å². The standard InChI is InChI=1S/C13H26N2O2/c1-8(2)10(5)14-13(17)12(9(3)4)15(7)11(6)16/h8-10,12H,1-7H3,(H,14,17). The fraction of sp³-hybridized carbons (Fsp3) is 0.846. The Balaban J connectivity index is 4.73. The van der Waals surface area contributed by atoms with E-state index in [-0.39, 0.29) is 23.8 Å². The van der Waals surface area contributed by atoms with Gasteiger partial charge in [-0.3, -0.25) is 9.59 Å². The Hall–Kier alpha value is -1.06. The Bertz CT molecular complexity index is 275. The molecular weight excluding hydrogens is 216 g/mol. The van der Waals surface area contributed by atoms with Crippen molar-refractivity contribution in [3.63, 3.8) is 0 Å². The molecule has 0 saturated carbocycles. The summed E-state index contributed by atoms with van der Waals surface area (Å²) >= 11 is 0. The van der Waals surface area contributed by atoms with Crippen LogP contribution in [0.2, 0.25) is 0 Å². The summed E-state index contributed by atoms with van der Waals surface area (Å²) in [6.45, 7) is 11.5. The Morgan fingerprint density at radius 2 is 1.47 bits per heavy atom. The van der Waals surface area contributed by atoms with Gasteiger partial charge in [0.15, 0.2) is 0 Å². The molecule has 0 aliphatic carbocycles. The molecule has 0 fully saturated rings. The number of rotatable bonds is 5. The van der Waals surface area contributed by atoms with Gasteiger partial charge in [0.25, 0.3) is 0 Å². The summed E-state index contributed by atoms with van der Waals surface area (Å²) in [5.74, 6) is 0.326. The van der Waals surface area contributed by atoms with E-state index < -0.39 is 6.04 Å². The Kier molecular flexibility index (Phi) is 6.21. The van der Waals surface area contributed by atoms with Gasteiger partial charge in [-0.05, 0) is 18.8 Å². The molecule has 4 nitrogen and oxygen atoms in total. The molecule has 0 aromatic carbocycles. The quantitative estimate of drug-likeness (QED) is 0.797. The van der Waals surface area contributed by atoms with E-state index in [2.05, 4.69) is 19.2 Å². The second-order valence-corrected chi connectivity index (χ2v) is 5.36. The first-order valence-corrected chi connectivity index (χ1v) is 6.22. The van der Waals surface area contributed by atoms with Crippen LogP contribution in [0.1, 0.15) is 41.5 Å². The molecule has 100 valence electrons. The number of hydrogen-bond acceptors (Lipinski definition) is 2. The van der Waals surface area contributed by atoms with E-state index >= 15 is 0 Å². The van der Waals surface area contributed by atoms with Crippen molar-refractivity contribution in [3.05, 3.63) is 0 Å². The van der Waals surface area contributed by atoms with Crippen LogP contribution >= 0.6 is 0 Å². The summed E-state index contributed by atoms with van der Waals surface area (Å²) in [6.07, 6.45) is 0. The minimum absolute atomic E-state index is 0.0705. The molecule has 0 aromatic heterocycles. The molecule has 2 amide bonds.